The Labute approximate surface area is 170 Å². The molecule has 0 aliphatic carbocycles. The fraction of sp³-hybridized carbons (Fsp3) is 0.318. The number of aryl methyl sites for hydroxylation is 1. The molecule has 2 rings (SSSR count). The summed E-state index contributed by atoms with van der Waals surface area (Å²) in [5, 5.41) is 0. The summed E-state index contributed by atoms with van der Waals surface area (Å²) >= 11 is 0. The van der Waals surface area contributed by atoms with Crippen LogP contribution in [0.25, 0.3) is 0 Å². The number of aromatic amines is 1. The molecule has 1 aromatic carbocycles. The van der Waals surface area contributed by atoms with Crippen molar-refractivity contribution in [3.8, 4) is 5.75 Å². The summed E-state index contributed by atoms with van der Waals surface area (Å²) in [6.07, 6.45) is 1.56. The predicted molar refractivity (Wildman–Crippen MR) is 110 cm³/mol. The number of carbonyl (C=O) groups is 3. The summed E-state index contributed by atoms with van der Waals surface area (Å²) in [4.78, 5) is 42.3. The number of esters is 1. The van der Waals surface area contributed by atoms with E-state index >= 15 is 0 Å². The van der Waals surface area contributed by atoms with E-state index in [2.05, 4.69) is 11.6 Å². The van der Waals surface area contributed by atoms with Gasteiger partial charge >= 0.3 is 5.97 Å². The lowest BCUT2D eigenvalue weighted by Gasteiger charge is -2.21. The molecular formula is C22H26N2O5. The van der Waals surface area contributed by atoms with E-state index in [1.165, 1.54) is 12.0 Å². The van der Waals surface area contributed by atoms with Crippen LogP contribution in [0.1, 0.15) is 49.4 Å². The van der Waals surface area contributed by atoms with Crippen molar-refractivity contribution in [3.05, 3.63) is 65.0 Å². The number of nitrogens with zero attached hydrogens (tertiary/aromatic N) is 1. The normalized spacial score (nSPS) is 10.3. The van der Waals surface area contributed by atoms with Gasteiger partial charge in [-0.1, -0.05) is 12.1 Å². The summed E-state index contributed by atoms with van der Waals surface area (Å²) in [5.74, 6) is -0.543. The standard InChI is InChI=1S/C22H26N2O5/c1-6-11-24(21(26)16-9-8-10-17(12-16)28-5)13-18(25)19-14(3)20(23-15(19)4)22(27)29-7-2/h6,8-10,12,23H,1,7,11,13H2,2-5H3. The monoisotopic (exact) mass is 398 g/mol. The van der Waals surface area contributed by atoms with Crippen LogP contribution in [0, 0.1) is 13.8 Å². The van der Waals surface area contributed by atoms with Gasteiger partial charge in [-0.25, -0.2) is 4.79 Å². The van der Waals surface area contributed by atoms with Crippen LogP contribution in [-0.2, 0) is 4.74 Å². The molecule has 1 heterocycles. The average molecular weight is 398 g/mol. The Bertz CT molecular complexity index is 929. The van der Waals surface area contributed by atoms with Gasteiger partial charge in [0.2, 0.25) is 0 Å². The molecule has 7 nitrogen and oxygen atoms in total. The van der Waals surface area contributed by atoms with Gasteiger partial charge < -0.3 is 19.4 Å². The van der Waals surface area contributed by atoms with Crippen LogP contribution in [0.3, 0.4) is 0 Å². The maximum atomic E-state index is 13.0. The second-order valence-corrected chi connectivity index (χ2v) is 6.47. The molecule has 7 heteroatoms. The van der Waals surface area contributed by atoms with Crippen LogP contribution in [0.4, 0.5) is 0 Å². The van der Waals surface area contributed by atoms with Gasteiger partial charge in [0, 0.05) is 23.4 Å². The van der Waals surface area contributed by atoms with Crippen molar-refractivity contribution in [2.45, 2.75) is 20.8 Å². The minimum Gasteiger partial charge on any atom is -0.497 e. The van der Waals surface area contributed by atoms with E-state index in [4.69, 9.17) is 9.47 Å². The van der Waals surface area contributed by atoms with E-state index in [9.17, 15) is 14.4 Å². The molecule has 0 spiro atoms. The van der Waals surface area contributed by atoms with Crippen molar-refractivity contribution in [2.75, 3.05) is 26.8 Å². The fourth-order valence-electron chi connectivity index (χ4n) is 3.14. The lowest BCUT2D eigenvalue weighted by molar-refractivity contribution is 0.0519. The van der Waals surface area contributed by atoms with Gasteiger partial charge in [-0.15, -0.1) is 6.58 Å². The van der Waals surface area contributed by atoms with Crippen molar-refractivity contribution in [2.24, 2.45) is 0 Å². The molecule has 0 saturated heterocycles. The highest BCUT2D eigenvalue weighted by Crippen LogP contribution is 2.21. The molecule has 0 radical (unpaired) electrons. The molecule has 0 unspecified atom stereocenters. The molecular weight excluding hydrogens is 372 g/mol. The summed E-state index contributed by atoms with van der Waals surface area (Å²) in [7, 11) is 1.52. The molecule has 0 saturated carbocycles. The highest BCUT2D eigenvalue weighted by Gasteiger charge is 2.25. The summed E-state index contributed by atoms with van der Waals surface area (Å²) in [6, 6.07) is 6.74. The zero-order chi connectivity index (χ0) is 21.6. The van der Waals surface area contributed by atoms with Gasteiger partial charge in [0.05, 0.1) is 20.3 Å². The van der Waals surface area contributed by atoms with Gasteiger partial charge in [0.15, 0.2) is 5.78 Å². The van der Waals surface area contributed by atoms with E-state index in [1.54, 1.807) is 51.1 Å². The van der Waals surface area contributed by atoms with E-state index in [-0.39, 0.29) is 37.1 Å². The van der Waals surface area contributed by atoms with Crippen LogP contribution in [0.5, 0.6) is 5.75 Å². The van der Waals surface area contributed by atoms with Crippen molar-refractivity contribution in [1.82, 2.24) is 9.88 Å². The molecule has 154 valence electrons. The average Bonchev–Trinajstić information content (AvgIpc) is 3.01. The SMILES string of the molecule is C=CCN(CC(=O)c1c(C)[nH]c(C(=O)OCC)c1C)C(=O)c1cccc(OC)c1. The number of ketones is 1. The highest BCUT2D eigenvalue weighted by molar-refractivity contribution is 6.05. The van der Waals surface area contributed by atoms with Crippen LogP contribution >= 0.6 is 0 Å². The Balaban J connectivity index is 2.29. The first kappa shape index (κ1) is 21.9. The zero-order valence-corrected chi connectivity index (χ0v) is 17.2. The van der Waals surface area contributed by atoms with Crippen molar-refractivity contribution in [1.29, 1.82) is 0 Å². The number of carbonyl (C=O) groups excluding carboxylic acids is 3. The van der Waals surface area contributed by atoms with Gasteiger partial charge in [0.25, 0.3) is 5.91 Å². The molecule has 0 aliphatic heterocycles. The maximum absolute atomic E-state index is 13.0. The minimum absolute atomic E-state index is 0.149. The first-order valence-corrected chi connectivity index (χ1v) is 9.27. The number of nitrogens with one attached hydrogen (secondary N) is 1. The number of amides is 1. The van der Waals surface area contributed by atoms with Crippen LogP contribution in [0.2, 0.25) is 0 Å². The number of hydrogen-bond acceptors (Lipinski definition) is 5. The predicted octanol–water partition coefficient (Wildman–Crippen LogP) is 3.33. The van der Waals surface area contributed by atoms with Gasteiger partial charge in [-0.05, 0) is 44.5 Å². The zero-order valence-electron chi connectivity index (χ0n) is 17.2. The van der Waals surface area contributed by atoms with Crippen molar-refractivity contribution < 1.29 is 23.9 Å². The topological polar surface area (TPSA) is 88.7 Å². The maximum Gasteiger partial charge on any atom is 0.355 e. The molecule has 1 aromatic heterocycles. The fourth-order valence-corrected chi connectivity index (χ4v) is 3.14. The molecule has 1 N–H and O–H groups in total. The summed E-state index contributed by atoms with van der Waals surface area (Å²) in [6.45, 7) is 9.08. The molecule has 29 heavy (non-hydrogen) atoms. The molecule has 2 aromatic rings. The largest absolute Gasteiger partial charge is 0.497 e. The number of hydrogen-bond donors (Lipinski definition) is 1. The van der Waals surface area contributed by atoms with Crippen molar-refractivity contribution in [3.63, 3.8) is 0 Å². The number of Topliss-reactive ketones (excluding diaryl/α,β-unsaturated/α-hetero) is 1. The Hall–Kier alpha value is -3.35. The van der Waals surface area contributed by atoms with E-state index in [1.807, 2.05) is 0 Å². The number of rotatable bonds is 9. The lowest BCUT2D eigenvalue weighted by atomic mass is 10.0. The summed E-state index contributed by atoms with van der Waals surface area (Å²) in [5.41, 5.74) is 2.12. The van der Waals surface area contributed by atoms with E-state index in [0.29, 0.717) is 28.1 Å². The van der Waals surface area contributed by atoms with Crippen LogP contribution in [-0.4, -0.2) is 54.3 Å². The van der Waals surface area contributed by atoms with Crippen LogP contribution in [0.15, 0.2) is 36.9 Å². The summed E-state index contributed by atoms with van der Waals surface area (Å²) < 4.78 is 10.2. The lowest BCUT2D eigenvalue weighted by Crippen LogP contribution is -2.36. The van der Waals surface area contributed by atoms with E-state index < -0.39 is 5.97 Å². The Morgan fingerprint density at radius 1 is 1.24 bits per heavy atom. The van der Waals surface area contributed by atoms with E-state index in [0.717, 1.165) is 0 Å². The number of ether oxygens (including phenoxy) is 2. The van der Waals surface area contributed by atoms with Crippen LogP contribution < -0.4 is 4.74 Å². The molecule has 0 bridgehead atoms. The molecule has 1 amide bonds. The second kappa shape index (κ2) is 9.73. The third kappa shape index (κ3) is 4.93. The highest BCUT2D eigenvalue weighted by atomic mass is 16.5. The number of benzene rings is 1. The minimum atomic E-state index is -0.512. The first-order valence-electron chi connectivity index (χ1n) is 9.27. The van der Waals surface area contributed by atoms with Gasteiger partial charge in [-0.3, -0.25) is 9.59 Å². The second-order valence-electron chi connectivity index (χ2n) is 6.47. The molecule has 0 atom stereocenters. The Kier molecular flexibility index (Phi) is 7.36. The Morgan fingerprint density at radius 2 is 1.97 bits per heavy atom. The number of aromatic nitrogens is 1. The van der Waals surface area contributed by atoms with Gasteiger partial charge in [0.1, 0.15) is 11.4 Å². The third-order valence-corrected chi connectivity index (χ3v) is 4.48. The van der Waals surface area contributed by atoms with Gasteiger partial charge in [-0.2, -0.15) is 0 Å². The Morgan fingerprint density at radius 3 is 2.59 bits per heavy atom. The molecule has 0 aliphatic rings. The smallest absolute Gasteiger partial charge is 0.355 e. The van der Waals surface area contributed by atoms with Crippen molar-refractivity contribution >= 4 is 17.7 Å². The number of H-pyrrole nitrogens is 1. The first-order chi connectivity index (χ1) is 13.8. The third-order valence-electron chi connectivity index (χ3n) is 4.48. The number of methoxy groups -OCH3 is 1. The quantitative estimate of drug-likeness (QED) is 0.398. The molecule has 0 fully saturated rings.